The zero-order valence-electron chi connectivity index (χ0n) is 8.76. The second-order valence-corrected chi connectivity index (χ2v) is 3.95. The maximum atomic E-state index is 9.65. The highest BCUT2D eigenvalue weighted by Crippen LogP contribution is 2.08. The smallest absolute Gasteiger partial charge is 0.417 e. The quantitative estimate of drug-likeness (QED) is 0.572. The molecular weight excluding hydrogens is 168 g/mol. The van der Waals surface area contributed by atoms with Crippen molar-refractivity contribution in [1.82, 2.24) is 0 Å². The van der Waals surface area contributed by atoms with Gasteiger partial charge in [0.05, 0.1) is 12.2 Å². The first kappa shape index (κ1) is 12.4. The molecule has 77 valence electrons. The summed E-state index contributed by atoms with van der Waals surface area (Å²) in [6.45, 7) is 8.76. The van der Waals surface area contributed by atoms with Crippen LogP contribution in [0.15, 0.2) is 0 Å². The predicted molar refractivity (Wildman–Crippen MR) is 51.2 cm³/mol. The molecule has 0 aromatic carbocycles. The lowest BCUT2D eigenvalue weighted by Gasteiger charge is -2.19. The van der Waals surface area contributed by atoms with Crippen LogP contribution < -0.4 is 0 Å². The van der Waals surface area contributed by atoms with Gasteiger partial charge in [0, 0.05) is 6.61 Å². The second-order valence-electron chi connectivity index (χ2n) is 3.95. The van der Waals surface area contributed by atoms with E-state index in [4.69, 9.17) is 4.74 Å². The molecule has 3 heteroatoms. The van der Waals surface area contributed by atoms with Crippen LogP contribution in [-0.2, 0) is 14.3 Å². The van der Waals surface area contributed by atoms with Crippen molar-refractivity contribution in [3.8, 4) is 0 Å². The highest BCUT2D eigenvalue weighted by Gasteiger charge is 2.08. The van der Waals surface area contributed by atoms with Crippen LogP contribution in [0, 0.1) is 0 Å². The molecular formula is C10H19O3. The minimum absolute atomic E-state index is 0.0485. The van der Waals surface area contributed by atoms with E-state index in [-0.39, 0.29) is 5.60 Å². The molecule has 0 spiro atoms. The van der Waals surface area contributed by atoms with Gasteiger partial charge in [0.1, 0.15) is 0 Å². The van der Waals surface area contributed by atoms with Crippen LogP contribution in [-0.4, -0.2) is 25.3 Å². The first-order valence-electron chi connectivity index (χ1n) is 4.69. The summed E-state index contributed by atoms with van der Waals surface area (Å²) in [5.41, 5.74) is -0.0485. The van der Waals surface area contributed by atoms with Crippen molar-refractivity contribution in [2.75, 3.05) is 13.2 Å². The number of carbonyl (C=O) groups excluding carboxylic acids is 1. The molecule has 0 bridgehead atoms. The van der Waals surface area contributed by atoms with Crippen molar-refractivity contribution >= 4 is 6.47 Å². The van der Waals surface area contributed by atoms with Crippen LogP contribution in [0.3, 0.4) is 0 Å². The third-order valence-electron chi connectivity index (χ3n) is 1.48. The van der Waals surface area contributed by atoms with E-state index in [2.05, 4.69) is 4.74 Å². The Morgan fingerprint density at radius 3 is 2.23 bits per heavy atom. The number of hydrogen-bond donors (Lipinski definition) is 0. The van der Waals surface area contributed by atoms with Gasteiger partial charge in [0.15, 0.2) is 0 Å². The monoisotopic (exact) mass is 187 g/mol. The first-order chi connectivity index (χ1) is 6.06. The Morgan fingerprint density at radius 2 is 1.69 bits per heavy atom. The fourth-order valence-electron chi connectivity index (χ4n) is 0.873. The molecule has 0 aromatic heterocycles. The van der Waals surface area contributed by atoms with Gasteiger partial charge in [-0.2, -0.15) is 0 Å². The Labute approximate surface area is 80.4 Å². The van der Waals surface area contributed by atoms with Crippen LogP contribution in [0.25, 0.3) is 0 Å². The van der Waals surface area contributed by atoms with Crippen molar-refractivity contribution < 1.29 is 14.3 Å². The summed E-state index contributed by atoms with van der Waals surface area (Å²) >= 11 is 0. The number of unbranched alkanes of at least 4 members (excludes halogenated alkanes) is 2. The van der Waals surface area contributed by atoms with Crippen LogP contribution >= 0.6 is 0 Å². The minimum atomic E-state index is -0.0485. The molecule has 0 rings (SSSR count). The number of ether oxygens (including phenoxy) is 2. The molecule has 0 aliphatic heterocycles. The lowest BCUT2D eigenvalue weighted by atomic mass is 10.2. The molecule has 3 nitrogen and oxygen atoms in total. The summed E-state index contributed by atoms with van der Waals surface area (Å²) in [5, 5.41) is 0. The summed E-state index contributed by atoms with van der Waals surface area (Å²) < 4.78 is 9.95. The molecule has 0 aliphatic carbocycles. The van der Waals surface area contributed by atoms with Gasteiger partial charge in [-0.3, -0.25) is 0 Å². The van der Waals surface area contributed by atoms with Gasteiger partial charge in [0.2, 0.25) is 0 Å². The van der Waals surface area contributed by atoms with Crippen molar-refractivity contribution in [3.05, 3.63) is 0 Å². The van der Waals surface area contributed by atoms with Crippen LogP contribution in [0.1, 0.15) is 40.0 Å². The Balaban J connectivity index is 3.04. The van der Waals surface area contributed by atoms with Crippen molar-refractivity contribution in [3.63, 3.8) is 0 Å². The van der Waals surface area contributed by atoms with Gasteiger partial charge >= 0.3 is 6.47 Å². The third-order valence-corrected chi connectivity index (χ3v) is 1.48. The third kappa shape index (κ3) is 11.4. The van der Waals surface area contributed by atoms with E-state index < -0.39 is 0 Å². The van der Waals surface area contributed by atoms with Gasteiger partial charge in [-0.05, 0) is 40.0 Å². The summed E-state index contributed by atoms with van der Waals surface area (Å²) in [6.07, 6.45) is 2.93. The Bertz CT molecular complexity index is 127. The molecule has 0 saturated carbocycles. The number of rotatable bonds is 7. The molecule has 0 aliphatic rings. The Kier molecular flexibility index (Phi) is 6.59. The molecule has 0 unspecified atom stereocenters. The zero-order valence-corrected chi connectivity index (χ0v) is 8.76. The molecule has 0 amide bonds. The summed E-state index contributed by atoms with van der Waals surface area (Å²) in [5.74, 6) is 0. The van der Waals surface area contributed by atoms with Crippen LogP contribution in [0.5, 0.6) is 0 Å². The summed E-state index contributed by atoms with van der Waals surface area (Å²) in [4.78, 5) is 9.65. The van der Waals surface area contributed by atoms with E-state index >= 15 is 0 Å². The fourth-order valence-corrected chi connectivity index (χ4v) is 0.873. The first-order valence-corrected chi connectivity index (χ1v) is 4.69. The van der Waals surface area contributed by atoms with E-state index in [0.29, 0.717) is 6.61 Å². The summed E-state index contributed by atoms with van der Waals surface area (Å²) in [7, 11) is 0. The maximum absolute atomic E-state index is 9.65. The van der Waals surface area contributed by atoms with Crippen LogP contribution in [0.2, 0.25) is 0 Å². The standard InChI is InChI=1S/C10H19O3/c1-10(2,3)13-8-6-4-5-7-12-9-11/h4-8H2,1-3H3. The predicted octanol–water partition coefficient (Wildman–Crippen LogP) is 2.06. The van der Waals surface area contributed by atoms with E-state index in [9.17, 15) is 4.79 Å². The van der Waals surface area contributed by atoms with Crippen LogP contribution in [0.4, 0.5) is 0 Å². The molecule has 13 heavy (non-hydrogen) atoms. The van der Waals surface area contributed by atoms with Gasteiger partial charge in [-0.1, -0.05) is 0 Å². The minimum Gasteiger partial charge on any atom is -0.457 e. The lowest BCUT2D eigenvalue weighted by Crippen LogP contribution is -2.19. The van der Waals surface area contributed by atoms with Crippen molar-refractivity contribution in [1.29, 1.82) is 0 Å². The Hall–Kier alpha value is -0.570. The SMILES string of the molecule is CC(C)(C)OCCCCCO[C]=O. The van der Waals surface area contributed by atoms with Crippen molar-refractivity contribution in [2.45, 2.75) is 45.6 Å². The van der Waals surface area contributed by atoms with E-state index in [1.54, 1.807) is 0 Å². The topological polar surface area (TPSA) is 35.5 Å². The molecule has 1 radical (unpaired) electrons. The zero-order chi connectivity index (χ0) is 10.2. The molecule has 0 heterocycles. The molecule has 0 aromatic rings. The molecule has 0 atom stereocenters. The van der Waals surface area contributed by atoms with E-state index in [1.165, 1.54) is 6.47 Å². The second kappa shape index (κ2) is 6.89. The van der Waals surface area contributed by atoms with Gasteiger partial charge in [0.25, 0.3) is 0 Å². The highest BCUT2D eigenvalue weighted by atomic mass is 16.5. The van der Waals surface area contributed by atoms with Gasteiger partial charge in [-0.15, -0.1) is 0 Å². The fraction of sp³-hybridized carbons (Fsp3) is 0.900. The normalized spacial score (nSPS) is 11.3. The average Bonchev–Trinajstić information content (AvgIpc) is 2.01. The van der Waals surface area contributed by atoms with Gasteiger partial charge in [-0.25, -0.2) is 4.79 Å². The summed E-state index contributed by atoms with van der Waals surface area (Å²) in [6, 6.07) is 0. The number of hydrogen-bond acceptors (Lipinski definition) is 3. The van der Waals surface area contributed by atoms with Gasteiger partial charge < -0.3 is 9.47 Å². The Morgan fingerprint density at radius 1 is 1.08 bits per heavy atom. The lowest BCUT2D eigenvalue weighted by molar-refractivity contribution is -0.00494. The van der Waals surface area contributed by atoms with E-state index in [1.807, 2.05) is 20.8 Å². The molecule has 0 N–H and O–H groups in total. The molecule has 0 fully saturated rings. The maximum Gasteiger partial charge on any atom is 0.417 e. The highest BCUT2D eigenvalue weighted by molar-refractivity contribution is 5.37. The largest absolute Gasteiger partial charge is 0.457 e. The molecule has 0 saturated heterocycles. The van der Waals surface area contributed by atoms with Crippen molar-refractivity contribution in [2.24, 2.45) is 0 Å². The van der Waals surface area contributed by atoms with E-state index in [0.717, 1.165) is 25.9 Å². The average molecular weight is 187 g/mol.